The van der Waals surface area contributed by atoms with Crippen molar-refractivity contribution in [2.24, 2.45) is 11.8 Å². The summed E-state index contributed by atoms with van der Waals surface area (Å²) >= 11 is 0. The van der Waals surface area contributed by atoms with Crippen LogP contribution in [0.2, 0.25) is 0 Å². The second-order valence-corrected chi connectivity index (χ2v) is 8.07. The van der Waals surface area contributed by atoms with Crippen LogP contribution < -0.4 is 5.32 Å². The predicted octanol–water partition coefficient (Wildman–Crippen LogP) is 1.68. The van der Waals surface area contributed by atoms with Gasteiger partial charge in [-0.1, -0.05) is 24.3 Å². The van der Waals surface area contributed by atoms with E-state index in [2.05, 4.69) is 11.4 Å². The van der Waals surface area contributed by atoms with Crippen LogP contribution >= 0.6 is 0 Å². The lowest BCUT2D eigenvalue weighted by atomic mass is 9.87. The molecule has 4 amide bonds. The SMILES string of the molecule is O=C(CN1C(=O)NC(C2CC2)(C2CC2)C1=O)N1CCc2ccccc2C1. The molecule has 2 aliphatic carbocycles. The van der Waals surface area contributed by atoms with E-state index in [1.165, 1.54) is 10.5 Å². The number of amides is 4. The van der Waals surface area contributed by atoms with Crippen LogP contribution in [0.25, 0.3) is 0 Å². The Hall–Kier alpha value is -2.37. The Kier molecular flexibility index (Phi) is 3.39. The number of nitrogens with one attached hydrogen (secondary N) is 1. The van der Waals surface area contributed by atoms with Crippen molar-refractivity contribution in [1.29, 1.82) is 0 Å². The Morgan fingerprint density at radius 3 is 2.38 bits per heavy atom. The molecule has 2 aliphatic heterocycles. The highest BCUT2D eigenvalue weighted by molar-refractivity contribution is 6.09. The number of nitrogens with zero attached hydrogens (tertiary/aromatic N) is 2. The zero-order chi connectivity index (χ0) is 17.9. The first-order valence-corrected chi connectivity index (χ1v) is 9.58. The summed E-state index contributed by atoms with van der Waals surface area (Å²) in [5, 5.41) is 2.98. The number of carbonyl (C=O) groups is 3. The van der Waals surface area contributed by atoms with Crippen LogP contribution in [0.1, 0.15) is 36.8 Å². The number of hydrogen-bond acceptors (Lipinski definition) is 3. The van der Waals surface area contributed by atoms with Crippen molar-refractivity contribution in [3.05, 3.63) is 35.4 Å². The molecule has 3 fully saturated rings. The van der Waals surface area contributed by atoms with E-state index in [-0.39, 0.29) is 36.2 Å². The van der Waals surface area contributed by atoms with Gasteiger partial charge < -0.3 is 10.2 Å². The number of hydrogen-bond donors (Lipinski definition) is 1. The largest absolute Gasteiger partial charge is 0.336 e. The average Bonchev–Trinajstić information content (AvgIpc) is 3.55. The van der Waals surface area contributed by atoms with Gasteiger partial charge in [-0.3, -0.25) is 14.5 Å². The molecule has 0 radical (unpaired) electrons. The number of imide groups is 1. The summed E-state index contributed by atoms with van der Waals surface area (Å²) in [4.78, 5) is 41.3. The number of urea groups is 1. The van der Waals surface area contributed by atoms with Crippen LogP contribution in [0.4, 0.5) is 4.79 Å². The Labute approximate surface area is 152 Å². The average molecular weight is 353 g/mol. The van der Waals surface area contributed by atoms with Crippen molar-refractivity contribution in [3.8, 4) is 0 Å². The van der Waals surface area contributed by atoms with Gasteiger partial charge in [0.05, 0.1) is 0 Å². The molecular weight excluding hydrogens is 330 g/mol. The van der Waals surface area contributed by atoms with Crippen molar-refractivity contribution < 1.29 is 14.4 Å². The summed E-state index contributed by atoms with van der Waals surface area (Å²) in [6.45, 7) is 1.04. The molecule has 4 aliphatic rings. The minimum absolute atomic E-state index is 0.145. The molecule has 2 saturated carbocycles. The minimum atomic E-state index is -0.716. The van der Waals surface area contributed by atoms with Gasteiger partial charge in [0.1, 0.15) is 12.1 Å². The topological polar surface area (TPSA) is 69.7 Å². The molecule has 5 rings (SSSR count). The molecule has 1 aromatic carbocycles. The van der Waals surface area contributed by atoms with E-state index in [0.29, 0.717) is 13.1 Å². The quantitative estimate of drug-likeness (QED) is 0.838. The fourth-order valence-electron chi connectivity index (χ4n) is 4.66. The Morgan fingerprint density at radius 2 is 1.73 bits per heavy atom. The Balaban J connectivity index is 1.31. The third kappa shape index (κ3) is 2.35. The van der Waals surface area contributed by atoms with Gasteiger partial charge in [-0.25, -0.2) is 4.79 Å². The molecule has 26 heavy (non-hydrogen) atoms. The van der Waals surface area contributed by atoms with Crippen LogP contribution in [0.5, 0.6) is 0 Å². The maximum Gasteiger partial charge on any atom is 0.325 e. The van der Waals surface area contributed by atoms with Crippen molar-refractivity contribution in [3.63, 3.8) is 0 Å². The van der Waals surface area contributed by atoms with E-state index >= 15 is 0 Å². The molecule has 0 spiro atoms. The molecule has 0 unspecified atom stereocenters. The number of carbonyl (C=O) groups excluding carboxylic acids is 3. The van der Waals surface area contributed by atoms with Crippen LogP contribution in [-0.2, 0) is 22.6 Å². The molecule has 0 aromatic heterocycles. The smallest absolute Gasteiger partial charge is 0.325 e. The molecule has 1 aromatic rings. The van der Waals surface area contributed by atoms with Crippen LogP contribution in [-0.4, -0.2) is 46.3 Å². The van der Waals surface area contributed by atoms with Crippen LogP contribution in [0.15, 0.2) is 24.3 Å². The minimum Gasteiger partial charge on any atom is -0.336 e. The monoisotopic (exact) mass is 353 g/mol. The first-order valence-electron chi connectivity index (χ1n) is 9.58. The fraction of sp³-hybridized carbons (Fsp3) is 0.550. The van der Waals surface area contributed by atoms with Crippen molar-refractivity contribution in [1.82, 2.24) is 15.1 Å². The third-order valence-electron chi connectivity index (χ3n) is 6.38. The van der Waals surface area contributed by atoms with Gasteiger partial charge in [0, 0.05) is 13.1 Å². The summed E-state index contributed by atoms with van der Waals surface area (Å²) in [6.07, 6.45) is 4.79. The van der Waals surface area contributed by atoms with E-state index in [1.807, 2.05) is 18.2 Å². The maximum atomic E-state index is 13.1. The highest BCUT2D eigenvalue weighted by Crippen LogP contribution is 2.54. The van der Waals surface area contributed by atoms with Crippen molar-refractivity contribution >= 4 is 17.8 Å². The molecular formula is C20H23N3O3. The zero-order valence-corrected chi connectivity index (χ0v) is 14.7. The van der Waals surface area contributed by atoms with E-state index in [9.17, 15) is 14.4 Å². The predicted molar refractivity (Wildman–Crippen MR) is 94.0 cm³/mol. The highest BCUT2D eigenvalue weighted by atomic mass is 16.2. The Morgan fingerprint density at radius 1 is 1.08 bits per heavy atom. The first kappa shape index (κ1) is 15.9. The van der Waals surface area contributed by atoms with Crippen LogP contribution in [0, 0.1) is 11.8 Å². The van der Waals surface area contributed by atoms with Crippen LogP contribution in [0.3, 0.4) is 0 Å². The number of benzene rings is 1. The van der Waals surface area contributed by atoms with E-state index < -0.39 is 5.54 Å². The van der Waals surface area contributed by atoms with Gasteiger partial charge in [-0.2, -0.15) is 0 Å². The third-order valence-corrected chi connectivity index (χ3v) is 6.38. The van der Waals surface area contributed by atoms with Gasteiger partial charge >= 0.3 is 6.03 Å². The molecule has 2 heterocycles. The lowest BCUT2D eigenvalue weighted by Gasteiger charge is -2.30. The zero-order valence-electron chi connectivity index (χ0n) is 14.7. The lowest BCUT2D eigenvalue weighted by molar-refractivity contribution is -0.140. The summed E-state index contributed by atoms with van der Waals surface area (Å²) in [7, 11) is 0. The van der Waals surface area contributed by atoms with Gasteiger partial charge in [0.25, 0.3) is 5.91 Å². The molecule has 6 nitrogen and oxygen atoms in total. The van der Waals surface area contributed by atoms with E-state index in [4.69, 9.17) is 0 Å². The van der Waals surface area contributed by atoms with Crippen molar-refractivity contribution in [2.75, 3.05) is 13.1 Å². The second kappa shape index (κ2) is 5.56. The summed E-state index contributed by atoms with van der Waals surface area (Å²) in [5.74, 6) is 0.200. The lowest BCUT2D eigenvalue weighted by Crippen LogP contribution is -2.52. The highest BCUT2D eigenvalue weighted by Gasteiger charge is 2.65. The van der Waals surface area contributed by atoms with Gasteiger partial charge in [0.15, 0.2) is 0 Å². The maximum absolute atomic E-state index is 13.1. The molecule has 1 N–H and O–H groups in total. The summed E-state index contributed by atoms with van der Waals surface area (Å²) in [6, 6.07) is 7.73. The number of rotatable bonds is 4. The van der Waals surface area contributed by atoms with Crippen molar-refractivity contribution in [2.45, 2.75) is 44.2 Å². The second-order valence-electron chi connectivity index (χ2n) is 8.07. The molecule has 136 valence electrons. The van der Waals surface area contributed by atoms with Gasteiger partial charge in [-0.15, -0.1) is 0 Å². The summed E-state index contributed by atoms with van der Waals surface area (Å²) < 4.78 is 0. The standard InChI is InChI=1S/C20H23N3O3/c24-17(22-10-9-13-3-1-2-4-14(13)11-22)12-23-18(25)20(15-5-6-15,16-7-8-16)21-19(23)26/h1-4,15-16H,5-12H2,(H,21,26). The van der Waals surface area contributed by atoms with Gasteiger partial charge in [-0.05, 0) is 55.1 Å². The first-order chi connectivity index (χ1) is 12.6. The molecule has 0 bridgehead atoms. The fourth-order valence-corrected chi connectivity index (χ4v) is 4.66. The Bertz CT molecular complexity index is 785. The molecule has 1 saturated heterocycles. The van der Waals surface area contributed by atoms with E-state index in [0.717, 1.165) is 37.7 Å². The normalized spacial score (nSPS) is 24.5. The molecule has 6 heteroatoms. The van der Waals surface area contributed by atoms with Gasteiger partial charge in [0.2, 0.25) is 5.91 Å². The summed E-state index contributed by atoms with van der Waals surface area (Å²) in [5.41, 5.74) is 1.70. The number of fused-ring (bicyclic) bond motifs is 1. The van der Waals surface area contributed by atoms with E-state index in [1.54, 1.807) is 4.90 Å². The molecule has 0 atom stereocenters.